The van der Waals surface area contributed by atoms with Crippen molar-refractivity contribution in [1.82, 2.24) is 5.32 Å². The molecule has 0 unspecified atom stereocenters. The second-order valence-corrected chi connectivity index (χ2v) is 6.95. The lowest BCUT2D eigenvalue weighted by molar-refractivity contribution is 0.353. The summed E-state index contributed by atoms with van der Waals surface area (Å²) in [5, 5.41) is 5.03. The molecule has 5 heteroatoms. The van der Waals surface area contributed by atoms with E-state index in [1.165, 1.54) is 24.7 Å². The lowest BCUT2D eigenvalue weighted by Crippen LogP contribution is -2.35. The van der Waals surface area contributed by atoms with E-state index in [9.17, 15) is 8.42 Å². The minimum Gasteiger partial charge on any atom is -0.310 e. The van der Waals surface area contributed by atoms with Crippen molar-refractivity contribution < 1.29 is 8.42 Å². The maximum atomic E-state index is 12.0. The Hall–Kier alpha value is -0.840. The molecule has 1 aromatic rings. The van der Waals surface area contributed by atoms with Crippen LogP contribution in [0.3, 0.4) is 0 Å². The highest BCUT2D eigenvalue weighted by Gasteiger charge is 2.29. The maximum Gasteiger partial charge on any atom is 0.202 e. The van der Waals surface area contributed by atoms with Crippen molar-refractivity contribution in [3.63, 3.8) is 0 Å². The topological polar surface area (TPSA) is 46.2 Å². The first-order chi connectivity index (χ1) is 8.58. The molecule has 1 saturated carbocycles. The normalized spacial score (nSPS) is 21.3. The van der Waals surface area contributed by atoms with Gasteiger partial charge in [-0.2, -0.15) is 0 Å². The summed E-state index contributed by atoms with van der Waals surface area (Å²) in [5.74, 6) is 0. The van der Waals surface area contributed by atoms with E-state index in [2.05, 4.69) is 5.32 Å². The van der Waals surface area contributed by atoms with Gasteiger partial charge in [-0.25, -0.2) is 8.42 Å². The lowest BCUT2D eigenvalue weighted by atomic mass is 9.93. The fourth-order valence-corrected chi connectivity index (χ4v) is 4.41. The number of rotatable bonds is 3. The molecule has 1 heterocycles. The van der Waals surface area contributed by atoms with Gasteiger partial charge in [-0.15, -0.1) is 0 Å². The van der Waals surface area contributed by atoms with E-state index in [4.69, 9.17) is 11.6 Å². The monoisotopic (exact) mass is 283 g/mol. The van der Waals surface area contributed by atoms with Crippen LogP contribution in [0.25, 0.3) is 5.57 Å². The van der Waals surface area contributed by atoms with Gasteiger partial charge in [-0.1, -0.05) is 30.2 Å². The molecular weight excluding hydrogens is 270 g/mol. The van der Waals surface area contributed by atoms with Crippen LogP contribution in [0, 0.1) is 0 Å². The predicted molar refractivity (Wildman–Crippen MR) is 72.3 cm³/mol. The number of hydrogen-bond acceptors (Lipinski definition) is 3. The Bertz CT molecular complexity index is 618. The zero-order valence-corrected chi connectivity index (χ0v) is 11.4. The van der Waals surface area contributed by atoms with Crippen LogP contribution in [-0.2, 0) is 9.84 Å². The van der Waals surface area contributed by atoms with Crippen LogP contribution in [0.2, 0.25) is 5.02 Å². The average Bonchev–Trinajstić information content (AvgIpc) is 2.50. The Labute approximate surface area is 112 Å². The van der Waals surface area contributed by atoms with E-state index in [-0.39, 0.29) is 4.90 Å². The van der Waals surface area contributed by atoms with Crippen molar-refractivity contribution in [3.05, 3.63) is 34.2 Å². The smallest absolute Gasteiger partial charge is 0.202 e. The SMILES string of the molecule is O=S1(=O)C=C(CNC2CCC2)c2cccc(Cl)c21. The molecule has 18 heavy (non-hydrogen) atoms. The zero-order valence-electron chi connectivity index (χ0n) is 9.82. The van der Waals surface area contributed by atoms with E-state index in [1.54, 1.807) is 12.1 Å². The second kappa shape index (κ2) is 4.37. The molecule has 96 valence electrons. The summed E-state index contributed by atoms with van der Waals surface area (Å²) in [7, 11) is -3.36. The average molecular weight is 284 g/mol. The Kier molecular flexibility index (Phi) is 2.96. The molecule has 0 radical (unpaired) electrons. The van der Waals surface area contributed by atoms with E-state index in [0.717, 1.165) is 11.1 Å². The van der Waals surface area contributed by atoms with Crippen molar-refractivity contribution in [3.8, 4) is 0 Å². The van der Waals surface area contributed by atoms with Crippen molar-refractivity contribution in [2.45, 2.75) is 30.2 Å². The second-order valence-electron chi connectivity index (χ2n) is 4.81. The number of halogens is 1. The van der Waals surface area contributed by atoms with E-state index in [0.29, 0.717) is 17.6 Å². The highest BCUT2D eigenvalue weighted by atomic mass is 35.5. The third-order valence-corrected chi connectivity index (χ3v) is 5.61. The van der Waals surface area contributed by atoms with Crippen molar-refractivity contribution in [1.29, 1.82) is 0 Å². The summed E-state index contributed by atoms with van der Waals surface area (Å²) >= 11 is 5.99. The lowest BCUT2D eigenvalue weighted by Gasteiger charge is -2.26. The molecule has 2 aliphatic rings. The standard InChI is InChI=1S/C13H14ClNO2S/c14-12-6-2-5-11-9(7-15-10-3-1-4-10)8-18(16,17)13(11)12/h2,5-6,8,10,15H,1,3-4,7H2. The maximum absolute atomic E-state index is 12.0. The van der Waals surface area contributed by atoms with Crippen LogP contribution < -0.4 is 5.32 Å². The molecule has 1 aromatic carbocycles. The quantitative estimate of drug-likeness (QED) is 0.927. The molecule has 0 spiro atoms. The molecule has 1 aliphatic carbocycles. The molecule has 0 atom stereocenters. The fraction of sp³-hybridized carbons (Fsp3) is 0.385. The summed E-state index contributed by atoms with van der Waals surface area (Å²) < 4.78 is 24.0. The van der Waals surface area contributed by atoms with Crippen molar-refractivity contribution >= 4 is 27.0 Å². The van der Waals surface area contributed by atoms with Crippen molar-refractivity contribution in [2.75, 3.05) is 6.54 Å². The Morgan fingerprint density at radius 2 is 2.11 bits per heavy atom. The predicted octanol–water partition coefficient (Wildman–Crippen LogP) is 2.61. The number of nitrogens with one attached hydrogen (secondary N) is 1. The first-order valence-corrected chi connectivity index (χ1v) is 7.98. The van der Waals surface area contributed by atoms with Gasteiger partial charge < -0.3 is 5.32 Å². The van der Waals surface area contributed by atoms with Crippen LogP contribution >= 0.6 is 11.6 Å². The van der Waals surface area contributed by atoms with Gasteiger partial charge in [0.1, 0.15) is 0 Å². The fourth-order valence-electron chi connectivity index (χ4n) is 2.36. The van der Waals surface area contributed by atoms with Gasteiger partial charge in [0, 0.05) is 23.6 Å². The highest BCUT2D eigenvalue weighted by Crippen LogP contribution is 2.37. The number of sulfone groups is 1. The van der Waals surface area contributed by atoms with Gasteiger partial charge in [0.25, 0.3) is 0 Å². The minimum absolute atomic E-state index is 0.261. The minimum atomic E-state index is -3.36. The Morgan fingerprint density at radius 3 is 2.78 bits per heavy atom. The van der Waals surface area contributed by atoms with Crippen molar-refractivity contribution in [2.24, 2.45) is 0 Å². The summed E-state index contributed by atoms with van der Waals surface area (Å²) in [6.07, 6.45) is 3.63. The highest BCUT2D eigenvalue weighted by molar-refractivity contribution is 7.95. The molecule has 3 rings (SSSR count). The third kappa shape index (κ3) is 1.98. The summed E-state index contributed by atoms with van der Waals surface area (Å²) in [5.41, 5.74) is 1.56. The molecule has 0 saturated heterocycles. The number of fused-ring (bicyclic) bond motifs is 1. The molecule has 0 bridgehead atoms. The van der Waals surface area contributed by atoms with E-state index in [1.807, 2.05) is 6.07 Å². The molecule has 0 amide bonds. The van der Waals surface area contributed by atoms with Crippen LogP contribution in [0.4, 0.5) is 0 Å². The molecule has 1 fully saturated rings. The van der Waals surface area contributed by atoms with E-state index < -0.39 is 9.84 Å². The Morgan fingerprint density at radius 1 is 1.33 bits per heavy atom. The van der Waals surface area contributed by atoms with Gasteiger partial charge in [-0.05, 0) is 24.5 Å². The van der Waals surface area contributed by atoms with Gasteiger partial charge >= 0.3 is 0 Å². The van der Waals surface area contributed by atoms with E-state index >= 15 is 0 Å². The third-order valence-electron chi connectivity index (χ3n) is 3.58. The van der Waals surface area contributed by atoms with Crippen LogP contribution in [0.5, 0.6) is 0 Å². The first kappa shape index (κ1) is 12.2. The van der Waals surface area contributed by atoms with Crippen LogP contribution in [0.1, 0.15) is 24.8 Å². The van der Waals surface area contributed by atoms with Gasteiger partial charge in [0.15, 0.2) is 0 Å². The van der Waals surface area contributed by atoms with Gasteiger partial charge in [-0.3, -0.25) is 0 Å². The summed E-state index contributed by atoms with van der Waals surface area (Å²) in [6, 6.07) is 5.77. The zero-order chi connectivity index (χ0) is 12.8. The number of benzene rings is 1. The van der Waals surface area contributed by atoms with Crippen LogP contribution in [0.15, 0.2) is 28.5 Å². The molecular formula is C13H14ClNO2S. The first-order valence-electron chi connectivity index (χ1n) is 6.06. The summed E-state index contributed by atoms with van der Waals surface area (Å²) in [6.45, 7) is 0.594. The largest absolute Gasteiger partial charge is 0.310 e. The van der Waals surface area contributed by atoms with Crippen LogP contribution in [-0.4, -0.2) is 21.0 Å². The molecule has 3 nitrogen and oxygen atoms in total. The molecule has 1 N–H and O–H groups in total. The van der Waals surface area contributed by atoms with Gasteiger partial charge in [0.05, 0.1) is 9.92 Å². The summed E-state index contributed by atoms with van der Waals surface area (Å²) in [4.78, 5) is 0.261. The Balaban J connectivity index is 1.91. The molecule has 0 aromatic heterocycles. The number of hydrogen-bond donors (Lipinski definition) is 1. The molecule has 1 aliphatic heterocycles. The van der Waals surface area contributed by atoms with Gasteiger partial charge in [0.2, 0.25) is 9.84 Å².